The number of Topliss-reactive ketones (excluding diaryl/α,β-unsaturated/α-hetero) is 5. The summed E-state index contributed by atoms with van der Waals surface area (Å²) in [6, 6.07) is 0. The topological polar surface area (TPSA) is 346 Å². The van der Waals surface area contributed by atoms with Crippen LogP contribution in [0.5, 0.6) is 0 Å². The molecule has 84 heavy (non-hydrogen) atoms. The van der Waals surface area contributed by atoms with Crippen molar-refractivity contribution in [3.05, 3.63) is 0 Å². The highest BCUT2D eigenvalue weighted by Gasteiger charge is 2.49. The summed E-state index contributed by atoms with van der Waals surface area (Å²) in [4.78, 5) is 92.7. The molecule has 0 aromatic rings. The second kappa shape index (κ2) is 47.0. The molecule has 502 valence electrons. The molecule has 0 heterocycles. The fourth-order valence-corrected chi connectivity index (χ4v) is 7.66. The first-order valence-electron chi connectivity index (χ1n) is 28.3. The number of hydrogen-bond donors (Lipinski definition) is 4. The fraction of sp³-hybridized carbons (Fsp3) is 0.847. The quantitative estimate of drug-likeness (QED) is 0.0625. The zero-order valence-corrected chi connectivity index (χ0v) is 58.3. The summed E-state index contributed by atoms with van der Waals surface area (Å²) in [5.41, 5.74) is -0.0278. The van der Waals surface area contributed by atoms with Crippen LogP contribution in [-0.2, 0) is 77.4 Å². The van der Waals surface area contributed by atoms with Gasteiger partial charge in [-0.15, -0.1) is 0 Å². The van der Waals surface area contributed by atoms with Gasteiger partial charge in [0.2, 0.25) is 0 Å². The molecule has 0 radical (unpaired) electrons. The summed E-state index contributed by atoms with van der Waals surface area (Å²) in [5.74, 6) is -7.54. The van der Waals surface area contributed by atoms with Crippen molar-refractivity contribution in [3.63, 3.8) is 0 Å². The zero-order chi connectivity index (χ0) is 69.5. The van der Waals surface area contributed by atoms with Gasteiger partial charge in [-0.1, -0.05) is 90.0 Å². The summed E-state index contributed by atoms with van der Waals surface area (Å²) in [6.45, 7) is 45.2. The minimum Gasteiger partial charge on any atom is -0.481 e. The maximum atomic E-state index is 12.1. The molecule has 0 spiro atoms. The van der Waals surface area contributed by atoms with E-state index >= 15 is 0 Å². The molecule has 1 unspecified atom stereocenters. The summed E-state index contributed by atoms with van der Waals surface area (Å²) in [5, 5.41) is 31.2. The van der Waals surface area contributed by atoms with Crippen LogP contribution in [0.4, 0.5) is 8.78 Å². The van der Waals surface area contributed by atoms with Gasteiger partial charge in [-0.3, -0.25) is 24.0 Å². The number of carboxylic acid groups (broad SMARTS) is 4. The molecule has 0 aromatic carbocycles. The largest absolute Gasteiger partial charge is 0.481 e. The second-order valence-electron chi connectivity index (χ2n) is 24.0. The van der Waals surface area contributed by atoms with E-state index in [4.69, 9.17) is 25.2 Å². The van der Waals surface area contributed by atoms with Gasteiger partial charge >= 0.3 is 29.8 Å². The Labute approximate surface area is 505 Å². The lowest BCUT2D eigenvalue weighted by atomic mass is 9.78. The smallest absolute Gasteiger partial charge is 0.374 e. The van der Waals surface area contributed by atoms with Crippen molar-refractivity contribution in [2.24, 2.45) is 46.3 Å². The van der Waals surface area contributed by atoms with Crippen molar-refractivity contribution in [1.29, 1.82) is 0 Å². The monoisotopic (exact) mass is 1280 g/mol. The maximum Gasteiger partial charge on any atom is 0.374 e. The number of carbonyl (C=O) groups excluding carboxylic acids is 5. The van der Waals surface area contributed by atoms with Gasteiger partial charge in [0.1, 0.15) is 41.3 Å². The molecule has 0 bridgehead atoms. The molecule has 4 N–H and O–H groups in total. The molecule has 1 atom stereocenters. The van der Waals surface area contributed by atoms with Crippen LogP contribution in [0.25, 0.3) is 0 Å². The minimum absolute atomic E-state index is 0.00565. The molecular weight excluding hydrogens is 1160 g/mol. The van der Waals surface area contributed by atoms with Gasteiger partial charge in [0.25, 0.3) is 0 Å². The van der Waals surface area contributed by atoms with Crippen LogP contribution < -0.4 is 0 Å². The number of ether oxygens (including phenoxy) is 1. The van der Waals surface area contributed by atoms with Gasteiger partial charge in [-0.05, 0) is 139 Å². The highest BCUT2D eigenvalue weighted by molar-refractivity contribution is 7.92. The first kappa shape index (κ1) is 96.2. The fourth-order valence-electron chi connectivity index (χ4n) is 4.81. The third-order valence-electron chi connectivity index (χ3n) is 13.1. The molecular formula is C59H114F2O20S3. The molecule has 20 nitrogen and oxygen atoms in total. The van der Waals surface area contributed by atoms with E-state index in [9.17, 15) is 77.2 Å². The molecule has 1 aliphatic carbocycles. The highest BCUT2D eigenvalue weighted by atomic mass is 32.2. The zero-order valence-electron chi connectivity index (χ0n) is 55.9. The molecule has 0 aromatic heterocycles. The van der Waals surface area contributed by atoms with Crippen LogP contribution in [0, 0.1) is 46.3 Å². The molecule has 1 aliphatic rings. The Hall–Kier alpha value is -4.10. The Bertz CT molecular complexity index is 2200. The van der Waals surface area contributed by atoms with E-state index in [0.717, 1.165) is 39.5 Å². The van der Waals surface area contributed by atoms with Gasteiger partial charge < -0.3 is 34.8 Å². The average Bonchev–Trinajstić information content (AvgIpc) is 4.13. The molecule has 1 saturated carbocycles. The van der Waals surface area contributed by atoms with Crippen molar-refractivity contribution in [2.75, 3.05) is 23.9 Å². The predicted molar refractivity (Wildman–Crippen MR) is 329 cm³/mol. The number of sulfone groups is 3. The van der Waals surface area contributed by atoms with Gasteiger partial charge in [0.15, 0.2) is 29.5 Å². The van der Waals surface area contributed by atoms with Crippen LogP contribution in [0.3, 0.4) is 0 Å². The van der Waals surface area contributed by atoms with E-state index in [2.05, 4.69) is 41.5 Å². The third-order valence-corrected chi connectivity index (χ3v) is 19.8. The Morgan fingerprint density at radius 2 is 0.905 bits per heavy atom. The summed E-state index contributed by atoms with van der Waals surface area (Å²) in [6.07, 6.45) is 4.56. The van der Waals surface area contributed by atoms with Gasteiger partial charge in [0, 0.05) is 29.6 Å². The lowest BCUT2D eigenvalue weighted by Crippen LogP contribution is -2.33. The highest BCUT2D eigenvalue weighted by Crippen LogP contribution is 2.52. The molecule has 0 saturated heterocycles. The number of alkyl halides is 2. The Morgan fingerprint density at radius 1 is 0.524 bits per heavy atom. The van der Waals surface area contributed by atoms with Crippen LogP contribution in [-0.4, -0.2) is 150 Å². The van der Waals surface area contributed by atoms with Crippen LogP contribution in [0.1, 0.15) is 225 Å². The molecule has 1 fully saturated rings. The third kappa shape index (κ3) is 55.8. The SMILES string of the molecule is CC(=O)C(C)(C)C(C)C.CC(=O)C1(C(C)C)CC1.CC(=O)CCC(C)C.CC(=O)CCCS(=O)(=O)C(C)C.CC(=O)CS(=O)(=O)C(C)C.CC(C)C(C)C(=O)O.CC(C)C(F)(F)C(=O)O.CC(C)OCC(=O)O.CC(C)S(=O)(=O)CCC(=O)O. The van der Waals surface area contributed by atoms with Crippen LogP contribution in [0.2, 0.25) is 0 Å². The summed E-state index contributed by atoms with van der Waals surface area (Å²) in [7, 11) is -9.27. The number of carboxylic acids is 4. The van der Waals surface area contributed by atoms with E-state index in [-0.39, 0.29) is 81.7 Å². The van der Waals surface area contributed by atoms with Gasteiger partial charge in [0.05, 0.1) is 45.7 Å². The first-order chi connectivity index (χ1) is 37.3. The number of carbonyl (C=O) groups is 9. The molecule has 1 rings (SSSR count). The standard InChI is InChI=1S/C8H16O3S.C8H14O.C8H16O.C7H14O.C6H12O4S.C6H12O3S.C6H12O2.C5H8F2O2.C5H10O3/c1-7(2)12(10,11)6-4-5-8(3)9;1-6(2)8(4-5-8)7(3)9;1-6(2)8(4,5)7(3)9;1-6(2)4-5-7(3)8;1-5(2)11(9,10)4-3-6(7)8;1-5(2)10(8,9)4-6(3)7;1-4(2)5(3)6(7)8;1-3(2)5(6,7)4(8)9;1-4(2)8-3-5(6)7/h7H,4-6H2,1-3H3;6H,4-5H2,1-3H3;6H,1-5H3;6H,4-5H2,1-3H3;5H,3-4H2,1-2H3,(H,7,8);5H,4H2,1-3H3;4-5H,1-3H3,(H,7,8);3H,1-2H3,(H,8,9);4H,3H2,1-2H3,(H,6,7). The van der Waals surface area contributed by atoms with Gasteiger partial charge in [-0.2, -0.15) is 8.78 Å². The van der Waals surface area contributed by atoms with E-state index in [1.807, 2.05) is 27.7 Å². The average molecular weight is 1280 g/mol. The predicted octanol–water partition coefficient (Wildman–Crippen LogP) is 11.4. The second-order valence-corrected chi connectivity index (χ2v) is 31.9. The van der Waals surface area contributed by atoms with E-state index < -0.39 is 75.7 Å². The maximum absolute atomic E-state index is 12.1. The molecule has 25 heteroatoms. The van der Waals surface area contributed by atoms with Gasteiger partial charge in [-0.25, -0.2) is 34.8 Å². The van der Waals surface area contributed by atoms with Crippen molar-refractivity contribution >= 4 is 82.3 Å². The number of ketones is 5. The molecule has 0 aliphatic heterocycles. The summed E-state index contributed by atoms with van der Waals surface area (Å²) >= 11 is 0. The Morgan fingerprint density at radius 3 is 1.02 bits per heavy atom. The minimum atomic E-state index is -3.58. The van der Waals surface area contributed by atoms with E-state index in [0.29, 0.717) is 42.2 Å². The number of hydrogen-bond acceptors (Lipinski definition) is 16. The van der Waals surface area contributed by atoms with Crippen molar-refractivity contribution in [3.8, 4) is 0 Å². The Balaban J connectivity index is -0.000000129. The normalized spacial score (nSPS) is 12.9. The lowest BCUT2D eigenvalue weighted by Gasteiger charge is -2.25. The van der Waals surface area contributed by atoms with Crippen molar-refractivity contribution < 1.29 is 102 Å². The van der Waals surface area contributed by atoms with Crippen LogP contribution >= 0.6 is 0 Å². The lowest BCUT2D eigenvalue weighted by molar-refractivity contribution is -0.171. The van der Waals surface area contributed by atoms with Crippen LogP contribution in [0.15, 0.2) is 0 Å². The molecule has 0 amide bonds. The van der Waals surface area contributed by atoms with Crippen molar-refractivity contribution in [2.45, 2.75) is 253 Å². The first-order valence-corrected chi connectivity index (χ1v) is 33.4. The van der Waals surface area contributed by atoms with Crippen molar-refractivity contribution in [1.82, 2.24) is 0 Å². The number of halogens is 2. The number of aliphatic carboxylic acids is 4. The van der Waals surface area contributed by atoms with E-state index in [1.54, 1.807) is 69.2 Å². The number of rotatable bonds is 26. The summed E-state index contributed by atoms with van der Waals surface area (Å²) < 4.78 is 95.0. The van der Waals surface area contributed by atoms with E-state index in [1.165, 1.54) is 27.7 Å². The Kier molecular flexibility index (Phi) is 53.9.